The van der Waals surface area contributed by atoms with Crippen molar-refractivity contribution < 1.29 is 14.6 Å². The number of aryl methyl sites for hydroxylation is 1. The Morgan fingerprint density at radius 2 is 2.11 bits per heavy atom. The normalized spacial score (nSPS) is 14.7. The van der Waals surface area contributed by atoms with E-state index in [0.717, 1.165) is 35.0 Å². The lowest BCUT2D eigenvalue weighted by Gasteiger charge is -2.19. The van der Waals surface area contributed by atoms with Crippen LogP contribution >= 0.6 is 11.7 Å². The molecule has 6 nitrogen and oxygen atoms in total. The van der Waals surface area contributed by atoms with Gasteiger partial charge in [0.2, 0.25) is 0 Å². The minimum absolute atomic E-state index is 0.153. The summed E-state index contributed by atoms with van der Waals surface area (Å²) in [7, 11) is 0. The van der Waals surface area contributed by atoms with Gasteiger partial charge in [0.1, 0.15) is 12.4 Å². The number of aliphatic hydroxyl groups is 1. The molecule has 0 saturated heterocycles. The van der Waals surface area contributed by atoms with Crippen molar-refractivity contribution in [2.45, 2.75) is 25.5 Å². The third-order valence-corrected chi connectivity index (χ3v) is 5.34. The molecular weight excluding hydrogens is 374 g/mol. The third-order valence-electron chi connectivity index (χ3n) is 4.87. The third kappa shape index (κ3) is 4.21. The summed E-state index contributed by atoms with van der Waals surface area (Å²) in [6.07, 6.45) is 2.36. The van der Waals surface area contributed by atoms with Crippen LogP contribution in [0.4, 0.5) is 0 Å². The van der Waals surface area contributed by atoms with Gasteiger partial charge in [-0.15, -0.1) is 0 Å². The van der Waals surface area contributed by atoms with Crippen LogP contribution in [0.5, 0.6) is 5.75 Å². The van der Waals surface area contributed by atoms with Crippen LogP contribution in [-0.2, 0) is 13.0 Å². The van der Waals surface area contributed by atoms with Gasteiger partial charge in [-0.05, 0) is 36.1 Å². The zero-order valence-electron chi connectivity index (χ0n) is 15.3. The topological polar surface area (TPSA) is 75.6 Å². The Hall–Kier alpha value is -2.77. The number of amides is 1. The van der Waals surface area contributed by atoms with Crippen molar-refractivity contribution in [3.05, 3.63) is 77.1 Å². The monoisotopic (exact) mass is 395 g/mol. The summed E-state index contributed by atoms with van der Waals surface area (Å²) in [5.41, 5.74) is 3.29. The molecule has 28 heavy (non-hydrogen) atoms. The van der Waals surface area contributed by atoms with Crippen molar-refractivity contribution in [2.24, 2.45) is 0 Å². The molecule has 0 spiro atoms. The van der Waals surface area contributed by atoms with Crippen molar-refractivity contribution in [2.75, 3.05) is 13.2 Å². The van der Waals surface area contributed by atoms with Crippen LogP contribution in [0.3, 0.4) is 0 Å². The number of aliphatic hydroxyl groups excluding tert-OH is 1. The highest BCUT2D eigenvalue weighted by molar-refractivity contribution is 6.99. The van der Waals surface area contributed by atoms with E-state index in [-0.39, 0.29) is 5.91 Å². The largest absolute Gasteiger partial charge is 0.491 e. The van der Waals surface area contributed by atoms with Crippen molar-refractivity contribution in [1.29, 1.82) is 0 Å². The zero-order chi connectivity index (χ0) is 19.3. The van der Waals surface area contributed by atoms with Crippen molar-refractivity contribution in [3.8, 4) is 5.75 Å². The van der Waals surface area contributed by atoms with Gasteiger partial charge in [0.05, 0.1) is 30.6 Å². The molecule has 0 fully saturated rings. The fraction of sp³-hybridized carbons (Fsp3) is 0.286. The molecule has 1 aromatic heterocycles. The average molecular weight is 395 g/mol. The Balaban J connectivity index is 1.48. The molecule has 0 unspecified atom stereocenters. The Morgan fingerprint density at radius 3 is 2.89 bits per heavy atom. The van der Waals surface area contributed by atoms with Crippen molar-refractivity contribution in [1.82, 2.24) is 13.6 Å². The summed E-state index contributed by atoms with van der Waals surface area (Å²) in [5.74, 6) is 0.603. The van der Waals surface area contributed by atoms with Gasteiger partial charge in [-0.1, -0.05) is 36.4 Å². The highest BCUT2D eigenvalue weighted by Crippen LogP contribution is 2.29. The van der Waals surface area contributed by atoms with Gasteiger partial charge in [-0.2, -0.15) is 8.75 Å². The van der Waals surface area contributed by atoms with E-state index in [1.165, 1.54) is 11.8 Å². The fourth-order valence-electron chi connectivity index (χ4n) is 3.33. The number of hydrogen-bond acceptors (Lipinski definition) is 6. The molecule has 2 heterocycles. The standard InChI is InChI=1S/C21H21N3O3S/c25-19(8-6-15-4-2-1-3-5-15)16-7-9-20-17(12-16)14-24(10-11-27-20)21(26)18-13-22-28-23-18/h1-5,7,9,12-13,19,25H,6,8,10-11,14H2/t19-/m1/s1. The first-order valence-electron chi connectivity index (χ1n) is 9.25. The van der Waals surface area contributed by atoms with Crippen LogP contribution in [0.25, 0.3) is 0 Å². The Kier molecular flexibility index (Phi) is 5.64. The molecule has 0 saturated carbocycles. The van der Waals surface area contributed by atoms with E-state index in [1.54, 1.807) is 4.90 Å². The molecule has 4 rings (SSSR count). The molecule has 1 N–H and O–H groups in total. The molecule has 1 aliphatic rings. The molecule has 1 amide bonds. The Morgan fingerprint density at radius 1 is 1.25 bits per heavy atom. The van der Waals surface area contributed by atoms with Crippen LogP contribution in [0.1, 0.15) is 39.7 Å². The maximum atomic E-state index is 12.6. The molecule has 0 bridgehead atoms. The average Bonchev–Trinajstić information content (AvgIpc) is 3.18. The smallest absolute Gasteiger partial charge is 0.275 e. The second kappa shape index (κ2) is 8.50. The van der Waals surface area contributed by atoms with Gasteiger partial charge in [-0.3, -0.25) is 4.79 Å². The van der Waals surface area contributed by atoms with Gasteiger partial charge in [0.25, 0.3) is 5.91 Å². The lowest BCUT2D eigenvalue weighted by atomic mass is 9.99. The molecular formula is C21H21N3O3S. The van der Waals surface area contributed by atoms with Gasteiger partial charge >= 0.3 is 0 Å². The number of aromatic nitrogens is 2. The van der Waals surface area contributed by atoms with Gasteiger partial charge in [-0.25, -0.2) is 0 Å². The summed E-state index contributed by atoms with van der Waals surface area (Å²) in [5, 5.41) is 10.6. The SMILES string of the molecule is O=C(c1cnsn1)N1CCOc2ccc([C@H](O)CCc3ccccc3)cc2C1. The molecule has 1 aliphatic heterocycles. The highest BCUT2D eigenvalue weighted by Gasteiger charge is 2.23. The second-order valence-electron chi connectivity index (χ2n) is 6.78. The zero-order valence-corrected chi connectivity index (χ0v) is 16.1. The summed E-state index contributed by atoms with van der Waals surface area (Å²) in [6, 6.07) is 15.8. The Bertz CT molecular complexity index is 931. The van der Waals surface area contributed by atoms with E-state index in [1.807, 2.05) is 36.4 Å². The van der Waals surface area contributed by atoms with Crippen LogP contribution in [-0.4, -0.2) is 37.8 Å². The lowest BCUT2D eigenvalue weighted by Crippen LogP contribution is -2.32. The molecule has 2 aromatic carbocycles. The molecule has 7 heteroatoms. The summed E-state index contributed by atoms with van der Waals surface area (Å²) in [4.78, 5) is 14.3. The van der Waals surface area contributed by atoms with Crippen LogP contribution in [0.15, 0.2) is 54.7 Å². The van der Waals surface area contributed by atoms with E-state index in [2.05, 4.69) is 20.9 Å². The van der Waals surface area contributed by atoms with E-state index >= 15 is 0 Å². The molecule has 0 aliphatic carbocycles. The minimum Gasteiger partial charge on any atom is -0.491 e. The second-order valence-corrected chi connectivity index (χ2v) is 7.33. The maximum Gasteiger partial charge on any atom is 0.275 e. The lowest BCUT2D eigenvalue weighted by molar-refractivity contribution is 0.0728. The summed E-state index contributed by atoms with van der Waals surface area (Å²) in [6.45, 7) is 1.33. The number of benzene rings is 2. The number of carbonyl (C=O) groups excluding carboxylic acids is 1. The number of hydrogen-bond donors (Lipinski definition) is 1. The van der Waals surface area contributed by atoms with Crippen LogP contribution in [0, 0.1) is 0 Å². The predicted molar refractivity (Wildman–Crippen MR) is 106 cm³/mol. The summed E-state index contributed by atoms with van der Waals surface area (Å²) >= 11 is 1.02. The molecule has 3 aromatic rings. The Labute approximate surface area is 167 Å². The van der Waals surface area contributed by atoms with E-state index in [4.69, 9.17) is 4.74 Å². The number of fused-ring (bicyclic) bond motifs is 1. The van der Waals surface area contributed by atoms with E-state index in [0.29, 0.717) is 31.8 Å². The first-order valence-corrected chi connectivity index (χ1v) is 9.98. The number of carbonyl (C=O) groups is 1. The predicted octanol–water partition coefficient (Wildman–Crippen LogP) is 3.24. The van der Waals surface area contributed by atoms with Gasteiger partial charge in [0, 0.05) is 12.1 Å². The first kappa shape index (κ1) is 18.6. The van der Waals surface area contributed by atoms with Crippen molar-refractivity contribution in [3.63, 3.8) is 0 Å². The van der Waals surface area contributed by atoms with Crippen LogP contribution in [0.2, 0.25) is 0 Å². The van der Waals surface area contributed by atoms with E-state index < -0.39 is 6.10 Å². The van der Waals surface area contributed by atoms with E-state index in [9.17, 15) is 9.90 Å². The molecule has 144 valence electrons. The van der Waals surface area contributed by atoms with Gasteiger partial charge in [0.15, 0.2) is 5.69 Å². The van der Waals surface area contributed by atoms with Gasteiger partial charge < -0.3 is 14.7 Å². The molecule has 1 atom stereocenters. The van der Waals surface area contributed by atoms with Crippen molar-refractivity contribution >= 4 is 17.6 Å². The highest BCUT2D eigenvalue weighted by atomic mass is 32.1. The molecule has 0 radical (unpaired) electrons. The number of ether oxygens (including phenoxy) is 1. The fourth-order valence-corrected chi connectivity index (χ4v) is 3.74. The first-order chi connectivity index (χ1) is 13.7. The summed E-state index contributed by atoms with van der Waals surface area (Å²) < 4.78 is 13.7. The number of nitrogens with zero attached hydrogens (tertiary/aromatic N) is 3. The minimum atomic E-state index is -0.569. The quantitative estimate of drug-likeness (QED) is 0.718. The van der Waals surface area contributed by atoms with Crippen LogP contribution < -0.4 is 4.74 Å². The number of rotatable bonds is 5. The maximum absolute atomic E-state index is 12.6.